The van der Waals surface area contributed by atoms with Gasteiger partial charge in [0, 0.05) is 39.2 Å². The fourth-order valence-electron chi connectivity index (χ4n) is 4.65. The average molecular weight is 419 g/mol. The van der Waals surface area contributed by atoms with E-state index < -0.39 is 0 Å². The van der Waals surface area contributed by atoms with E-state index in [2.05, 4.69) is 31.9 Å². The van der Waals surface area contributed by atoms with Gasteiger partial charge in [-0.2, -0.15) is 0 Å². The van der Waals surface area contributed by atoms with Crippen LogP contribution >= 0.6 is 0 Å². The van der Waals surface area contributed by atoms with Crippen molar-refractivity contribution in [3.63, 3.8) is 0 Å². The zero-order valence-corrected chi connectivity index (χ0v) is 18.5. The Morgan fingerprint density at radius 2 is 2.00 bits per heavy atom. The van der Waals surface area contributed by atoms with Crippen molar-refractivity contribution in [2.75, 3.05) is 32.8 Å². The largest absolute Gasteiger partial charge is 0.376 e. The molecule has 0 amide bonds. The number of piperidine rings is 1. The van der Waals surface area contributed by atoms with Crippen LogP contribution in [0.4, 0.5) is 0 Å². The van der Waals surface area contributed by atoms with Crippen molar-refractivity contribution < 1.29 is 9.47 Å². The van der Waals surface area contributed by atoms with Crippen LogP contribution in [0.3, 0.4) is 0 Å². The van der Waals surface area contributed by atoms with Gasteiger partial charge in [0.2, 0.25) is 0 Å². The molecule has 1 atom stereocenters. The molecule has 168 valence electrons. The molecule has 0 spiro atoms. The molecule has 1 unspecified atom stereocenters. The van der Waals surface area contributed by atoms with Crippen LogP contribution in [0.5, 0.6) is 0 Å². The Bertz CT molecular complexity index is 677. The number of nitrogens with zero attached hydrogens (tertiary/aromatic N) is 5. The molecule has 1 N–H and O–H groups in total. The number of guanidine groups is 1. The maximum atomic E-state index is 6.17. The first-order valence-corrected chi connectivity index (χ1v) is 12.0. The zero-order chi connectivity index (χ0) is 20.6. The summed E-state index contributed by atoms with van der Waals surface area (Å²) in [5, 5.41) is 12.3. The second-order valence-corrected chi connectivity index (χ2v) is 8.67. The second kappa shape index (κ2) is 11.1. The van der Waals surface area contributed by atoms with Crippen molar-refractivity contribution in [2.45, 2.75) is 90.0 Å². The molecule has 0 aliphatic carbocycles. The van der Waals surface area contributed by atoms with Gasteiger partial charge >= 0.3 is 0 Å². The highest BCUT2D eigenvalue weighted by molar-refractivity contribution is 5.80. The molecule has 1 aromatic rings. The van der Waals surface area contributed by atoms with Gasteiger partial charge in [0.25, 0.3) is 0 Å². The first-order valence-electron chi connectivity index (χ1n) is 12.0. The lowest BCUT2D eigenvalue weighted by molar-refractivity contribution is -0.0721. The van der Waals surface area contributed by atoms with Crippen molar-refractivity contribution in [1.82, 2.24) is 25.0 Å². The third-order valence-corrected chi connectivity index (χ3v) is 6.42. The molecule has 2 saturated heterocycles. The third-order valence-electron chi connectivity index (χ3n) is 6.42. The summed E-state index contributed by atoms with van der Waals surface area (Å²) < 4.78 is 14.3. The molecule has 3 aliphatic rings. The number of hydrogen-bond acceptors (Lipinski definition) is 5. The normalized spacial score (nSPS) is 23.8. The smallest absolute Gasteiger partial charge is 0.194 e. The highest BCUT2D eigenvalue weighted by Gasteiger charge is 2.24. The number of hydrogen-bond donors (Lipinski definition) is 1. The Kier molecular flexibility index (Phi) is 7.97. The van der Waals surface area contributed by atoms with Crippen LogP contribution in [0.15, 0.2) is 4.99 Å². The molecule has 0 saturated carbocycles. The lowest BCUT2D eigenvalue weighted by atomic mass is 10.1. The summed E-state index contributed by atoms with van der Waals surface area (Å²) in [6, 6.07) is 0. The van der Waals surface area contributed by atoms with E-state index in [9.17, 15) is 0 Å². The number of likely N-dealkylation sites (tertiary alicyclic amines) is 1. The van der Waals surface area contributed by atoms with Gasteiger partial charge in [-0.15, -0.1) is 10.2 Å². The van der Waals surface area contributed by atoms with Gasteiger partial charge in [-0.1, -0.05) is 6.42 Å². The first kappa shape index (κ1) is 21.6. The molecular weight excluding hydrogens is 380 g/mol. The molecule has 30 heavy (non-hydrogen) atoms. The monoisotopic (exact) mass is 418 g/mol. The number of nitrogens with one attached hydrogen (secondary N) is 1. The Morgan fingerprint density at radius 3 is 2.80 bits per heavy atom. The Hall–Kier alpha value is -1.67. The number of aryl methyl sites for hydroxylation is 1. The number of rotatable bonds is 6. The number of fused-ring (bicyclic) bond motifs is 1. The summed E-state index contributed by atoms with van der Waals surface area (Å²) in [6.45, 7) is 8.19. The topological polar surface area (TPSA) is 76.8 Å². The summed E-state index contributed by atoms with van der Waals surface area (Å²) in [5.74, 6) is 3.10. The highest BCUT2D eigenvalue weighted by Crippen LogP contribution is 2.19. The standard InChI is InChI=1S/C22H38N6O2/c1-2-23-22(24-16-21-26-25-20-9-4-3-6-12-28(20)21)27-13-10-18(11-14-27)30-17-19-8-5-7-15-29-19/h18-19H,2-17H2,1H3,(H,23,24). The van der Waals surface area contributed by atoms with Crippen LogP contribution in [-0.4, -0.2) is 70.7 Å². The molecule has 2 fully saturated rings. The van der Waals surface area contributed by atoms with E-state index in [0.29, 0.717) is 18.8 Å². The van der Waals surface area contributed by atoms with E-state index in [-0.39, 0.29) is 0 Å². The van der Waals surface area contributed by atoms with Crippen LogP contribution in [-0.2, 0) is 29.0 Å². The van der Waals surface area contributed by atoms with Gasteiger partial charge < -0.3 is 24.3 Å². The summed E-state index contributed by atoms with van der Waals surface area (Å²) in [7, 11) is 0. The SMILES string of the molecule is CCNC(=NCc1nnc2n1CCCCC2)N1CCC(OCC2CCCCO2)CC1. The number of ether oxygens (including phenoxy) is 2. The van der Waals surface area contributed by atoms with Crippen molar-refractivity contribution >= 4 is 5.96 Å². The van der Waals surface area contributed by atoms with Gasteiger partial charge in [0.05, 0.1) is 18.8 Å². The maximum Gasteiger partial charge on any atom is 0.194 e. The minimum atomic E-state index is 0.300. The molecule has 0 radical (unpaired) electrons. The predicted octanol–water partition coefficient (Wildman–Crippen LogP) is 2.52. The molecule has 4 rings (SSSR count). The lowest BCUT2D eigenvalue weighted by Gasteiger charge is -2.35. The second-order valence-electron chi connectivity index (χ2n) is 8.67. The molecule has 0 bridgehead atoms. The van der Waals surface area contributed by atoms with E-state index in [1.807, 2.05) is 0 Å². The maximum absolute atomic E-state index is 6.17. The molecule has 8 heteroatoms. The van der Waals surface area contributed by atoms with Gasteiger partial charge in [-0.3, -0.25) is 0 Å². The van der Waals surface area contributed by atoms with Crippen LogP contribution in [0, 0.1) is 0 Å². The fraction of sp³-hybridized carbons (Fsp3) is 0.864. The lowest BCUT2D eigenvalue weighted by Crippen LogP contribution is -2.47. The highest BCUT2D eigenvalue weighted by atomic mass is 16.5. The van der Waals surface area contributed by atoms with E-state index in [4.69, 9.17) is 14.5 Å². The molecule has 4 heterocycles. The van der Waals surface area contributed by atoms with Crippen LogP contribution < -0.4 is 5.32 Å². The van der Waals surface area contributed by atoms with Crippen molar-refractivity contribution in [1.29, 1.82) is 0 Å². The molecule has 1 aromatic heterocycles. The van der Waals surface area contributed by atoms with Crippen molar-refractivity contribution in [3.05, 3.63) is 11.6 Å². The Labute approximate surface area is 180 Å². The minimum absolute atomic E-state index is 0.300. The number of aromatic nitrogens is 3. The van der Waals surface area contributed by atoms with E-state index in [1.165, 1.54) is 32.1 Å². The zero-order valence-electron chi connectivity index (χ0n) is 18.5. The summed E-state index contributed by atoms with van der Waals surface area (Å²) in [6.07, 6.45) is 11.1. The fourth-order valence-corrected chi connectivity index (χ4v) is 4.65. The van der Waals surface area contributed by atoms with Crippen LogP contribution in [0.2, 0.25) is 0 Å². The molecule has 8 nitrogen and oxygen atoms in total. The quantitative estimate of drug-likeness (QED) is 0.565. The molecular formula is C22H38N6O2. The van der Waals surface area contributed by atoms with Gasteiger partial charge in [0.1, 0.15) is 12.4 Å². The summed E-state index contributed by atoms with van der Waals surface area (Å²) in [4.78, 5) is 7.27. The predicted molar refractivity (Wildman–Crippen MR) is 117 cm³/mol. The van der Waals surface area contributed by atoms with Crippen LogP contribution in [0.25, 0.3) is 0 Å². The summed E-state index contributed by atoms with van der Waals surface area (Å²) >= 11 is 0. The Balaban J connectivity index is 1.28. The van der Waals surface area contributed by atoms with Gasteiger partial charge in [0.15, 0.2) is 11.8 Å². The van der Waals surface area contributed by atoms with E-state index >= 15 is 0 Å². The van der Waals surface area contributed by atoms with E-state index in [0.717, 1.165) is 82.7 Å². The number of aliphatic imine (C=N–C) groups is 1. The van der Waals surface area contributed by atoms with Crippen molar-refractivity contribution in [2.24, 2.45) is 4.99 Å². The van der Waals surface area contributed by atoms with Crippen molar-refractivity contribution in [3.8, 4) is 0 Å². The third kappa shape index (κ3) is 5.72. The summed E-state index contributed by atoms with van der Waals surface area (Å²) in [5.41, 5.74) is 0. The van der Waals surface area contributed by atoms with Gasteiger partial charge in [-0.25, -0.2) is 4.99 Å². The van der Waals surface area contributed by atoms with Gasteiger partial charge in [-0.05, 0) is 51.9 Å². The first-order chi connectivity index (χ1) is 14.8. The minimum Gasteiger partial charge on any atom is -0.376 e. The molecule has 0 aromatic carbocycles. The molecule has 3 aliphatic heterocycles. The van der Waals surface area contributed by atoms with E-state index in [1.54, 1.807) is 0 Å². The Morgan fingerprint density at radius 1 is 1.10 bits per heavy atom. The van der Waals surface area contributed by atoms with Crippen LogP contribution in [0.1, 0.15) is 69.9 Å². The average Bonchev–Trinajstić information content (AvgIpc) is 3.02.